The fraction of sp³-hybridized carbons (Fsp3) is 0.227. The van der Waals surface area contributed by atoms with E-state index in [1.54, 1.807) is 30.6 Å². The van der Waals surface area contributed by atoms with Gasteiger partial charge in [0, 0.05) is 17.1 Å². The third kappa shape index (κ3) is 3.72. The van der Waals surface area contributed by atoms with E-state index in [4.69, 9.17) is 0 Å². The standard InChI is InChI=1S/C22H19F3N4/c1-3-17-13(2)10-21(28-17)29-19-11-18(27-20-12-26-9-8-15(19)20)14-6-4-5-7-16(14)22(23,24)25/h4-12,17H,3H2,1-2H3,(H,27,28,29). The second kappa shape index (κ2) is 7.31. The van der Waals surface area contributed by atoms with Crippen molar-refractivity contribution in [2.24, 2.45) is 4.99 Å². The molecule has 1 N–H and O–H groups in total. The first kappa shape index (κ1) is 19.1. The Hall–Kier alpha value is -3.22. The number of amidine groups is 1. The van der Waals surface area contributed by atoms with Crippen molar-refractivity contribution in [1.29, 1.82) is 0 Å². The first-order valence-electron chi connectivity index (χ1n) is 9.31. The normalized spacial score (nSPS) is 16.7. The molecule has 1 aliphatic rings. The van der Waals surface area contributed by atoms with Crippen LogP contribution in [0.15, 0.2) is 65.4 Å². The topological polar surface area (TPSA) is 50.2 Å². The summed E-state index contributed by atoms with van der Waals surface area (Å²) in [6.45, 7) is 4.08. The molecule has 0 bridgehead atoms. The van der Waals surface area contributed by atoms with Crippen molar-refractivity contribution in [3.05, 3.63) is 66.0 Å². The van der Waals surface area contributed by atoms with E-state index < -0.39 is 11.7 Å². The average Bonchev–Trinajstić information content (AvgIpc) is 3.06. The van der Waals surface area contributed by atoms with Crippen LogP contribution < -0.4 is 5.32 Å². The highest BCUT2D eigenvalue weighted by atomic mass is 19.4. The second-order valence-electron chi connectivity index (χ2n) is 6.94. The fourth-order valence-electron chi connectivity index (χ4n) is 3.51. The van der Waals surface area contributed by atoms with E-state index in [9.17, 15) is 13.2 Å². The van der Waals surface area contributed by atoms with Gasteiger partial charge < -0.3 is 5.32 Å². The molecule has 3 aromatic rings. The van der Waals surface area contributed by atoms with Crippen molar-refractivity contribution in [3.8, 4) is 11.3 Å². The molecule has 0 radical (unpaired) electrons. The minimum Gasteiger partial charge on any atom is -0.340 e. The smallest absolute Gasteiger partial charge is 0.340 e. The van der Waals surface area contributed by atoms with Gasteiger partial charge in [0.25, 0.3) is 0 Å². The Morgan fingerprint density at radius 1 is 1.14 bits per heavy atom. The Balaban J connectivity index is 1.85. The Morgan fingerprint density at radius 2 is 1.93 bits per heavy atom. The summed E-state index contributed by atoms with van der Waals surface area (Å²) in [5.41, 5.74) is 1.84. The van der Waals surface area contributed by atoms with Gasteiger partial charge in [-0.05, 0) is 43.2 Å². The van der Waals surface area contributed by atoms with Gasteiger partial charge in [0.1, 0.15) is 5.84 Å². The maximum Gasteiger partial charge on any atom is 0.417 e. The fourth-order valence-corrected chi connectivity index (χ4v) is 3.51. The number of nitrogens with one attached hydrogen (secondary N) is 1. The van der Waals surface area contributed by atoms with Crippen LogP contribution in [-0.4, -0.2) is 21.8 Å². The highest BCUT2D eigenvalue weighted by molar-refractivity contribution is 6.10. The number of rotatable bonds is 3. The number of pyridine rings is 2. The molecule has 0 saturated carbocycles. The molecule has 1 aliphatic heterocycles. The number of anilines is 1. The number of hydrogen-bond donors (Lipinski definition) is 1. The Kier molecular flexibility index (Phi) is 4.82. The molecular weight excluding hydrogens is 377 g/mol. The molecule has 4 rings (SSSR count). The summed E-state index contributed by atoms with van der Waals surface area (Å²) in [7, 11) is 0. The largest absolute Gasteiger partial charge is 0.417 e. The number of fused-ring (bicyclic) bond motifs is 1. The number of aliphatic imine (C=N–C) groups is 1. The Labute approximate surface area is 166 Å². The third-order valence-corrected chi connectivity index (χ3v) is 4.95. The number of halogens is 3. The predicted octanol–water partition coefficient (Wildman–Crippen LogP) is 5.86. The predicted molar refractivity (Wildman–Crippen MR) is 109 cm³/mol. The second-order valence-corrected chi connectivity index (χ2v) is 6.94. The molecule has 29 heavy (non-hydrogen) atoms. The SMILES string of the molecule is CCC1N=C(Nc2cc(-c3ccccc3C(F)(F)F)nc3cnccc23)C=C1C. The molecule has 0 fully saturated rings. The van der Waals surface area contributed by atoms with Crippen molar-refractivity contribution < 1.29 is 13.2 Å². The van der Waals surface area contributed by atoms with E-state index in [1.165, 1.54) is 12.1 Å². The highest BCUT2D eigenvalue weighted by Gasteiger charge is 2.33. The zero-order chi connectivity index (χ0) is 20.6. The van der Waals surface area contributed by atoms with Crippen LogP contribution in [0.4, 0.5) is 18.9 Å². The first-order valence-corrected chi connectivity index (χ1v) is 9.31. The number of benzene rings is 1. The molecule has 0 aliphatic carbocycles. The van der Waals surface area contributed by atoms with E-state index >= 15 is 0 Å². The molecule has 7 heteroatoms. The maximum atomic E-state index is 13.5. The molecule has 3 heterocycles. The zero-order valence-corrected chi connectivity index (χ0v) is 16.0. The van der Waals surface area contributed by atoms with Gasteiger partial charge in [0.15, 0.2) is 0 Å². The van der Waals surface area contributed by atoms with Gasteiger partial charge in [-0.1, -0.05) is 25.1 Å². The number of aromatic nitrogens is 2. The van der Waals surface area contributed by atoms with Gasteiger partial charge in [0.05, 0.1) is 34.7 Å². The van der Waals surface area contributed by atoms with E-state index in [2.05, 4.69) is 27.2 Å². The van der Waals surface area contributed by atoms with Gasteiger partial charge >= 0.3 is 6.18 Å². The summed E-state index contributed by atoms with van der Waals surface area (Å²) in [6.07, 6.45) is 1.56. The minimum atomic E-state index is -4.47. The zero-order valence-electron chi connectivity index (χ0n) is 16.0. The monoisotopic (exact) mass is 396 g/mol. The lowest BCUT2D eigenvalue weighted by atomic mass is 10.0. The minimum absolute atomic E-state index is 0.0281. The highest BCUT2D eigenvalue weighted by Crippen LogP contribution is 2.38. The Morgan fingerprint density at radius 3 is 2.66 bits per heavy atom. The van der Waals surface area contributed by atoms with Crippen molar-refractivity contribution in [3.63, 3.8) is 0 Å². The molecule has 2 aromatic heterocycles. The molecule has 0 amide bonds. The van der Waals surface area contributed by atoms with Crippen LogP contribution in [0.2, 0.25) is 0 Å². The summed E-state index contributed by atoms with van der Waals surface area (Å²) in [5.74, 6) is 0.689. The summed E-state index contributed by atoms with van der Waals surface area (Å²) in [6, 6.07) is 8.99. The van der Waals surface area contributed by atoms with Crippen molar-refractivity contribution in [2.75, 3.05) is 5.32 Å². The lowest BCUT2D eigenvalue weighted by Crippen LogP contribution is -2.10. The first-order chi connectivity index (χ1) is 13.9. The summed E-state index contributed by atoms with van der Waals surface area (Å²) in [4.78, 5) is 13.2. The van der Waals surface area contributed by atoms with Gasteiger partial charge in [0.2, 0.25) is 0 Å². The van der Waals surface area contributed by atoms with Crippen LogP contribution in [0.3, 0.4) is 0 Å². The van der Waals surface area contributed by atoms with Gasteiger partial charge in [-0.15, -0.1) is 0 Å². The van der Waals surface area contributed by atoms with Crippen LogP contribution >= 0.6 is 0 Å². The number of hydrogen-bond acceptors (Lipinski definition) is 4. The van der Waals surface area contributed by atoms with Crippen LogP contribution in [0.1, 0.15) is 25.8 Å². The number of nitrogens with zero attached hydrogens (tertiary/aromatic N) is 3. The van der Waals surface area contributed by atoms with Crippen LogP contribution in [-0.2, 0) is 6.18 Å². The number of alkyl halides is 3. The van der Waals surface area contributed by atoms with Crippen LogP contribution in [0.5, 0.6) is 0 Å². The maximum absolute atomic E-state index is 13.5. The lowest BCUT2D eigenvalue weighted by Gasteiger charge is -2.15. The summed E-state index contributed by atoms with van der Waals surface area (Å²) < 4.78 is 40.6. The van der Waals surface area contributed by atoms with E-state index in [-0.39, 0.29) is 17.3 Å². The third-order valence-electron chi connectivity index (χ3n) is 4.95. The molecule has 1 unspecified atom stereocenters. The van der Waals surface area contributed by atoms with E-state index in [0.29, 0.717) is 17.0 Å². The van der Waals surface area contributed by atoms with Crippen molar-refractivity contribution in [1.82, 2.24) is 9.97 Å². The summed E-state index contributed by atoms with van der Waals surface area (Å²) >= 11 is 0. The van der Waals surface area contributed by atoms with Crippen molar-refractivity contribution in [2.45, 2.75) is 32.5 Å². The van der Waals surface area contributed by atoms with E-state index in [1.807, 2.05) is 13.0 Å². The quantitative estimate of drug-likeness (QED) is 0.603. The van der Waals surface area contributed by atoms with E-state index in [0.717, 1.165) is 23.4 Å². The molecule has 0 spiro atoms. The van der Waals surface area contributed by atoms with Crippen LogP contribution in [0.25, 0.3) is 22.2 Å². The molecular formula is C22H19F3N4. The van der Waals surface area contributed by atoms with Gasteiger partial charge in [-0.25, -0.2) is 4.98 Å². The molecule has 0 saturated heterocycles. The Bertz CT molecular complexity index is 1130. The molecule has 1 aromatic carbocycles. The lowest BCUT2D eigenvalue weighted by molar-refractivity contribution is -0.137. The molecule has 4 nitrogen and oxygen atoms in total. The summed E-state index contributed by atoms with van der Waals surface area (Å²) in [5, 5.41) is 4.04. The molecule has 148 valence electrons. The van der Waals surface area contributed by atoms with Gasteiger partial charge in [-0.3, -0.25) is 9.98 Å². The van der Waals surface area contributed by atoms with Crippen molar-refractivity contribution >= 4 is 22.4 Å². The molecule has 1 atom stereocenters. The van der Waals surface area contributed by atoms with Gasteiger partial charge in [-0.2, -0.15) is 13.2 Å². The average molecular weight is 396 g/mol. The van der Waals surface area contributed by atoms with Crippen LogP contribution in [0, 0.1) is 0 Å².